The average Bonchev–Trinajstić information content (AvgIpc) is 3.39. The summed E-state index contributed by atoms with van der Waals surface area (Å²) in [6.07, 6.45) is 11.1. The van der Waals surface area contributed by atoms with Crippen molar-refractivity contribution >= 4 is 43.9 Å². The van der Waals surface area contributed by atoms with Gasteiger partial charge in [0.2, 0.25) is 0 Å². The van der Waals surface area contributed by atoms with Gasteiger partial charge in [-0.2, -0.15) is 0 Å². The summed E-state index contributed by atoms with van der Waals surface area (Å²) in [4.78, 5) is 16.9. The normalized spacial score (nSPS) is 17.8. The Morgan fingerprint density at radius 3 is 2.87 bits per heavy atom. The number of anilines is 1. The van der Waals surface area contributed by atoms with E-state index < -0.39 is 9.84 Å². The lowest BCUT2D eigenvalue weighted by Crippen LogP contribution is -2.27. The van der Waals surface area contributed by atoms with Crippen molar-refractivity contribution in [1.29, 1.82) is 0 Å². The first-order valence-electron chi connectivity index (χ1n) is 12.4. The van der Waals surface area contributed by atoms with Crippen LogP contribution in [0.5, 0.6) is 5.75 Å². The fourth-order valence-corrected chi connectivity index (χ4v) is 5.42. The lowest BCUT2D eigenvalue weighted by atomic mass is 9.92. The number of nitrogens with zero attached hydrogens (tertiary/aromatic N) is 4. The molecule has 1 unspecified atom stereocenters. The summed E-state index contributed by atoms with van der Waals surface area (Å²) in [5.41, 5.74) is 3.49. The van der Waals surface area contributed by atoms with Crippen LogP contribution in [0.25, 0.3) is 0 Å². The number of fused-ring (bicyclic) bond motifs is 1. The van der Waals surface area contributed by atoms with Gasteiger partial charge in [-0.15, -0.1) is 0 Å². The summed E-state index contributed by atoms with van der Waals surface area (Å²) in [6, 6.07) is 13.8. The number of hydrogen-bond donors (Lipinski definition) is 1. The van der Waals surface area contributed by atoms with Gasteiger partial charge >= 0.3 is 0 Å². The van der Waals surface area contributed by atoms with Gasteiger partial charge in [-0.05, 0) is 42.0 Å². The van der Waals surface area contributed by atoms with E-state index in [1.807, 2.05) is 53.8 Å². The second kappa shape index (κ2) is 12.0. The Bertz CT molecular complexity index is 1550. The highest BCUT2D eigenvalue weighted by molar-refractivity contribution is 7.90. The molecule has 1 atom stereocenters. The van der Waals surface area contributed by atoms with Crippen LogP contribution in [-0.2, 0) is 23.0 Å². The Morgan fingerprint density at radius 2 is 2.08 bits per heavy atom. The van der Waals surface area contributed by atoms with Gasteiger partial charge in [-0.3, -0.25) is 9.98 Å². The first-order valence-corrected chi connectivity index (χ1v) is 15.3. The number of benzene rings is 2. The van der Waals surface area contributed by atoms with E-state index in [1.54, 1.807) is 23.6 Å². The quantitative estimate of drug-likeness (QED) is 0.359. The van der Waals surface area contributed by atoms with Crippen LogP contribution < -0.4 is 15.0 Å². The molecule has 3 aromatic rings. The predicted octanol–water partition coefficient (Wildman–Crippen LogP) is 4.69. The van der Waals surface area contributed by atoms with Crippen molar-refractivity contribution in [1.82, 2.24) is 10.3 Å². The van der Waals surface area contributed by atoms with E-state index >= 15 is 0 Å². The zero-order valence-corrected chi connectivity index (χ0v) is 23.0. The molecule has 2 aliphatic rings. The monoisotopic (exact) mass is 565 g/mol. The number of aliphatic imine (C=N–C) groups is 2. The molecule has 3 heterocycles. The molecular formula is C28H28FN5O3S2. The summed E-state index contributed by atoms with van der Waals surface area (Å²) in [6.45, 7) is 1.73. The molecule has 2 aromatic carbocycles. The van der Waals surface area contributed by atoms with E-state index in [4.69, 9.17) is 9.73 Å². The van der Waals surface area contributed by atoms with E-state index in [2.05, 4.69) is 21.4 Å². The molecule has 2 aliphatic heterocycles. The van der Waals surface area contributed by atoms with Crippen LogP contribution in [0.2, 0.25) is 0 Å². The van der Waals surface area contributed by atoms with E-state index in [0.29, 0.717) is 25.4 Å². The van der Waals surface area contributed by atoms with Crippen LogP contribution in [-0.4, -0.2) is 50.4 Å². The molecule has 11 heteroatoms. The second-order valence-electron chi connectivity index (χ2n) is 9.24. The van der Waals surface area contributed by atoms with E-state index in [1.165, 1.54) is 18.4 Å². The number of rotatable bonds is 10. The maximum atomic E-state index is 13.4. The summed E-state index contributed by atoms with van der Waals surface area (Å²) in [7, 11) is -2.99. The molecule has 0 bridgehead atoms. The lowest BCUT2D eigenvalue weighted by Gasteiger charge is -2.26. The first kappa shape index (κ1) is 26.9. The predicted molar refractivity (Wildman–Crippen MR) is 154 cm³/mol. The highest BCUT2D eigenvalue weighted by atomic mass is 32.2. The molecule has 1 aromatic heterocycles. The molecular weight excluding hydrogens is 537 g/mol. The number of allylic oxidation sites excluding steroid dienone is 1. The van der Waals surface area contributed by atoms with Gasteiger partial charge in [0.1, 0.15) is 28.0 Å². The van der Waals surface area contributed by atoms with Gasteiger partial charge in [-0.25, -0.2) is 17.8 Å². The maximum absolute atomic E-state index is 13.4. The number of thiazole rings is 1. The summed E-state index contributed by atoms with van der Waals surface area (Å²) >= 11 is 1.55. The third kappa shape index (κ3) is 7.47. The molecule has 0 amide bonds. The summed E-state index contributed by atoms with van der Waals surface area (Å²) < 4.78 is 41.8. The average molecular weight is 566 g/mol. The Labute approximate surface area is 231 Å². The third-order valence-electron chi connectivity index (χ3n) is 6.04. The topological polar surface area (TPSA) is 96.2 Å². The Morgan fingerprint density at radius 1 is 1.23 bits per heavy atom. The summed E-state index contributed by atoms with van der Waals surface area (Å²) in [5, 5.41) is 3.97. The minimum Gasteiger partial charge on any atom is -0.489 e. The van der Waals surface area contributed by atoms with Crippen LogP contribution in [0.1, 0.15) is 10.4 Å². The standard InChI is InChI=1S/C28H28FN5O3S2/c1-39(35,36)12-10-30-15-25-16-32-28(38-25)34-11-9-21-14-31-17-27(26(21)18-34)33-23-5-7-24(8-6-23)37-19-20-3-2-4-22(29)13-20/h2-9,11,13-14,16,18,21,30H,10,12,15,17,19H2,1H3. The van der Waals surface area contributed by atoms with E-state index in [-0.39, 0.29) is 24.1 Å². The largest absolute Gasteiger partial charge is 0.489 e. The van der Waals surface area contributed by atoms with E-state index in [9.17, 15) is 12.8 Å². The Kier molecular flexibility index (Phi) is 8.30. The van der Waals surface area contributed by atoms with Crippen LogP contribution in [0.15, 0.2) is 88.8 Å². The minimum atomic E-state index is -2.99. The third-order valence-corrected chi connectivity index (χ3v) is 7.99. The smallest absolute Gasteiger partial charge is 0.193 e. The zero-order valence-electron chi connectivity index (χ0n) is 21.3. The molecule has 8 nitrogen and oxygen atoms in total. The van der Waals surface area contributed by atoms with Crippen LogP contribution in [0.3, 0.4) is 0 Å². The molecule has 5 rings (SSSR count). The molecule has 0 saturated carbocycles. The Hall–Kier alpha value is -3.67. The van der Waals surface area contributed by atoms with Gasteiger partial charge in [0, 0.05) is 60.5 Å². The van der Waals surface area contributed by atoms with Gasteiger partial charge in [0.05, 0.1) is 23.7 Å². The molecule has 0 saturated heterocycles. The SMILES string of the molecule is CS(=O)(=O)CCNCc1cnc(N2C=CC3C=NCC(=Nc4ccc(OCc5cccc(F)c5)cc4)C3=C2)s1. The molecule has 39 heavy (non-hydrogen) atoms. The highest BCUT2D eigenvalue weighted by Crippen LogP contribution is 2.31. The van der Waals surface area contributed by atoms with Crippen molar-refractivity contribution in [3.63, 3.8) is 0 Å². The molecule has 202 valence electrons. The number of sulfone groups is 1. The van der Waals surface area contributed by atoms with Crippen molar-refractivity contribution in [2.75, 3.05) is 30.0 Å². The van der Waals surface area contributed by atoms with Gasteiger partial charge in [0.25, 0.3) is 0 Å². The first-order chi connectivity index (χ1) is 18.8. The molecule has 0 spiro atoms. The fourth-order valence-electron chi connectivity index (χ4n) is 4.06. The molecule has 0 fully saturated rings. The fraction of sp³-hybridized carbons (Fsp3) is 0.250. The number of hydrogen-bond acceptors (Lipinski definition) is 9. The Balaban J connectivity index is 1.24. The van der Waals surface area contributed by atoms with Crippen molar-refractivity contribution in [2.24, 2.45) is 15.9 Å². The van der Waals surface area contributed by atoms with Crippen LogP contribution in [0, 0.1) is 11.7 Å². The molecule has 1 N–H and O–H groups in total. The second-order valence-corrected chi connectivity index (χ2v) is 12.6. The van der Waals surface area contributed by atoms with Crippen LogP contribution in [0.4, 0.5) is 15.2 Å². The van der Waals surface area contributed by atoms with Gasteiger partial charge in [0.15, 0.2) is 5.13 Å². The zero-order chi connectivity index (χ0) is 27.2. The number of aromatic nitrogens is 1. The lowest BCUT2D eigenvalue weighted by molar-refractivity contribution is 0.305. The summed E-state index contributed by atoms with van der Waals surface area (Å²) in [5.74, 6) is 0.546. The van der Waals surface area contributed by atoms with Crippen LogP contribution >= 0.6 is 11.3 Å². The number of nitrogens with one attached hydrogen (secondary N) is 1. The number of ether oxygens (including phenoxy) is 1. The van der Waals surface area contributed by atoms with E-state index in [0.717, 1.165) is 32.5 Å². The van der Waals surface area contributed by atoms with Gasteiger partial charge < -0.3 is 15.0 Å². The molecule has 0 radical (unpaired) electrons. The van der Waals surface area contributed by atoms with Gasteiger partial charge in [-0.1, -0.05) is 29.5 Å². The highest BCUT2D eigenvalue weighted by Gasteiger charge is 2.24. The van der Waals surface area contributed by atoms with Crippen molar-refractivity contribution < 1.29 is 17.5 Å². The number of halogens is 1. The van der Waals surface area contributed by atoms with Crippen molar-refractivity contribution in [2.45, 2.75) is 13.2 Å². The van der Waals surface area contributed by atoms with Crippen molar-refractivity contribution in [3.8, 4) is 5.75 Å². The van der Waals surface area contributed by atoms with Crippen molar-refractivity contribution in [3.05, 3.63) is 95.0 Å². The molecule has 0 aliphatic carbocycles. The maximum Gasteiger partial charge on any atom is 0.193 e. The minimum absolute atomic E-state index is 0.0414.